The number of nitrogens with one attached hydrogen (secondary N) is 1. The molecule has 0 aliphatic carbocycles. The predicted molar refractivity (Wildman–Crippen MR) is 28.0 cm³/mol. The third kappa shape index (κ3) is 1.16. The van der Waals surface area contributed by atoms with Gasteiger partial charge in [0.2, 0.25) is 0 Å². The lowest BCUT2D eigenvalue weighted by Gasteiger charge is -1.73. The van der Waals surface area contributed by atoms with Gasteiger partial charge in [-0.1, -0.05) is 11.6 Å². The summed E-state index contributed by atoms with van der Waals surface area (Å²) >= 11 is 5.51. The minimum Gasteiger partial charge on any atom is -0.217 e. The van der Waals surface area contributed by atoms with Crippen molar-refractivity contribution in [3.63, 3.8) is 0 Å². The van der Waals surface area contributed by atoms with E-state index in [1.54, 1.807) is 6.20 Å². The Labute approximate surface area is 47.0 Å². The molecule has 1 heterocycles. The maximum absolute atomic E-state index is 5.51. The molecule has 1 nitrogen and oxygen atoms in total. The first-order valence-corrected chi connectivity index (χ1v) is 2.39. The summed E-state index contributed by atoms with van der Waals surface area (Å²) in [6, 6.07) is 3.67. The molecule has 0 saturated carbocycles. The first-order valence-electron chi connectivity index (χ1n) is 2.01. The van der Waals surface area contributed by atoms with Crippen molar-refractivity contribution in [1.82, 2.24) is 0 Å². The molecule has 0 saturated heterocycles. The van der Waals surface area contributed by atoms with Crippen molar-refractivity contribution in [2.45, 2.75) is 0 Å². The molecule has 0 atom stereocenters. The number of pyridine rings is 1. The molecule has 0 bridgehead atoms. The minimum atomic E-state index is 0.738. The van der Waals surface area contributed by atoms with Crippen LogP contribution in [0.5, 0.6) is 0 Å². The molecular formula is C5H5ClN+. The Kier molecular flexibility index (Phi) is 1.27. The minimum absolute atomic E-state index is 0.738. The molecule has 1 aromatic rings. The van der Waals surface area contributed by atoms with Crippen LogP contribution >= 0.6 is 11.6 Å². The Balaban J connectivity index is 3.02. The van der Waals surface area contributed by atoms with E-state index in [0.29, 0.717) is 0 Å². The van der Waals surface area contributed by atoms with Gasteiger partial charge < -0.3 is 0 Å². The van der Waals surface area contributed by atoms with Crippen LogP contribution in [0, 0.1) is 0 Å². The highest BCUT2D eigenvalue weighted by molar-refractivity contribution is 6.30. The highest BCUT2D eigenvalue weighted by atomic mass is 35.5. The monoisotopic (exact) mass is 114 g/mol. The van der Waals surface area contributed by atoms with Crippen LogP contribution in [0.1, 0.15) is 0 Å². The summed E-state index contributed by atoms with van der Waals surface area (Å²) in [5, 5.41) is 0.738. The number of rotatable bonds is 0. The zero-order chi connectivity index (χ0) is 5.11. The summed E-state index contributed by atoms with van der Waals surface area (Å²) < 4.78 is 0. The highest BCUT2D eigenvalue weighted by Crippen LogP contribution is 1.98. The molecule has 0 unspecified atom stereocenters. The van der Waals surface area contributed by atoms with Crippen LogP contribution in [-0.4, -0.2) is 0 Å². The Hall–Kier alpha value is -0.560. The lowest BCUT2D eigenvalue weighted by molar-refractivity contribution is -0.377. The van der Waals surface area contributed by atoms with E-state index in [2.05, 4.69) is 4.98 Å². The Bertz CT molecular complexity index is 138. The molecule has 1 aromatic heterocycles. The second-order valence-corrected chi connectivity index (χ2v) is 1.66. The molecule has 0 amide bonds. The molecule has 0 radical (unpaired) electrons. The van der Waals surface area contributed by atoms with Crippen LogP contribution in [-0.2, 0) is 0 Å². The molecule has 0 aromatic carbocycles. The predicted octanol–water partition coefficient (Wildman–Crippen LogP) is 1.15. The van der Waals surface area contributed by atoms with E-state index in [4.69, 9.17) is 11.6 Å². The molecule has 2 heteroatoms. The third-order valence-electron chi connectivity index (χ3n) is 0.669. The van der Waals surface area contributed by atoms with Gasteiger partial charge in [-0.05, 0) is 6.07 Å². The lowest BCUT2D eigenvalue weighted by Crippen LogP contribution is -1.95. The number of hydrogen-bond donors (Lipinski definition) is 0. The smallest absolute Gasteiger partial charge is 0.185 e. The van der Waals surface area contributed by atoms with Crippen LogP contribution in [0.3, 0.4) is 0 Å². The Morgan fingerprint density at radius 3 is 2.71 bits per heavy atom. The summed E-state index contributed by atoms with van der Waals surface area (Å²) in [5.41, 5.74) is 0. The standard InChI is InChI=1S/C5H4ClN/c6-5-2-1-3-7-4-5/h1-4H/p+1. The van der Waals surface area contributed by atoms with Crippen LogP contribution in [0.25, 0.3) is 0 Å². The molecule has 1 N–H and O–H groups in total. The number of hydrogen-bond acceptors (Lipinski definition) is 0. The van der Waals surface area contributed by atoms with Gasteiger partial charge in [0.05, 0.1) is 0 Å². The van der Waals surface area contributed by atoms with Gasteiger partial charge in [-0.2, -0.15) is 0 Å². The van der Waals surface area contributed by atoms with Crippen molar-refractivity contribution < 1.29 is 4.98 Å². The average molecular weight is 115 g/mol. The molecule has 0 aliphatic heterocycles. The summed E-state index contributed by atoms with van der Waals surface area (Å²) in [6.45, 7) is 0. The van der Waals surface area contributed by atoms with E-state index in [0.717, 1.165) is 5.02 Å². The molecule has 7 heavy (non-hydrogen) atoms. The van der Waals surface area contributed by atoms with E-state index >= 15 is 0 Å². The second-order valence-electron chi connectivity index (χ2n) is 1.22. The number of aromatic amines is 1. The molecular weight excluding hydrogens is 110 g/mol. The number of halogens is 1. The fourth-order valence-corrected chi connectivity index (χ4v) is 0.507. The van der Waals surface area contributed by atoms with Gasteiger partial charge in [0.25, 0.3) is 0 Å². The Morgan fingerprint density at radius 1 is 1.57 bits per heavy atom. The van der Waals surface area contributed by atoms with Gasteiger partial charge in [0, 0.05) is 6.07 Å². The zero-order valence-electron chi connectivity index (χ0n) is 3.69. The second kappa shape index (κ2) is 1.94. The van der Waals surface area contributed by atoms with E-state index in [1.165, 1.54) is 0 Å². The summed E-state index contributed by atoms with van der Waals surface area (Å²) in [7, 11) is 0. The molecule has 0 spiro atoms. The summed E-state index contributed by atoms with van der Waals surface area (Å²) in [6.07, 6.45) is 3.54. The van der Waals surface area contributed by atoms with Crippen LogP contribution in [0.2, 0.25) is 5.02 Å². The summed E-state index contributed by atoms with van der Waals surface area (Å²) in [4.78, 5) is 2.83. The normalized spacial score (nSPS) is 8.71. The maximum Gasteiger partial charge on any atom is 0.185 e. The van der Waals surface area contributed by atoms with Gasteiger partial charge in [-0.15, -0.1) is 0 Å². The SMILES string of the molecule is Clc1ccc[nH+]c1. The topological polar surface area (TPSA) is 14.1 Å². The molecule has 36 valence electrons. The van der Waals surface area contributed by atoms with Crippen molar-refractivity contribution in [1.29, 1.82) is 0 Å². The van der Waals surface area contributed by atoms with Crippen molar-refractivity contribution in [2.24, 2.45) is 0 Å². The van der Waals surface area contributed by atoms with Gasteiger partial charge in [0.1, 0.15) is 5.02 Å². The fraction of sp³-hybridized carbons (Fsp3) is 0. The fourth-order valence-electron chi connectivity index (χ4n) is 0.371. The Morgan fingerprint density at radius 2 is 2.43 bits per heavy atom. The van der Waals surface area contributed by atoms with E-state index in [9.17, 15) is 0 Å². The molecule has 0 aliphatic rings. The maximum atomic E-state index is 5.51. The van der Waals surface area contributed by atoms with E-state index in [1.807, 2.05) is 18.3 Å². The first kappa shape index (κ1) is 4.60. The lowest BCUT2D eigenvalue weighted by atomic mass is 10.5. The van der Waals surface area contributed by atoms with Gasteiger partial charge in [-0.25, -0.2) is 4.98 Å². The van der Waals surface area contributed by atoms with Gasteiger partial charge >= 0.3 is 0 Å². The van der Waals surface area contributed by atoms with Crippen molar-refractivity contribution >= 4 is 11.6 Å². The van der Waals surface area contributed by atoms with Gasteiger partial charge in [-0.3, -0.25) is 0 Å². The average Bonchev–Trinajstić information content (AvgIpc) is 1.69. The van der Waals surface area contributed by atoms with Crippen molar-refractivity contribution in [3.8, 4) is 0 Å². The molecule has 1 rings (SSSR count). The zero-order valence-corrected chi connectivity index (χ0v) is 4.44. The van der Waals surface area contributed by atoms with Gasteiger partial charge in [0.15, 0.2) is 12.4 Å². The molecule has 0 fully saturated rings. The quantitative estimate of drug-likeness (QED) is 0.481. The van der Waals surface area contributed by atoms with Crippen molar-refractivity contribution in [2.75, 3.05) is 0 Å². The first-order chi connectivity index (χ1) is 3.39. The van der Waals surface area contributed by atoms with Crippen LogP contribution in [0.4, 0.5) is 0 Å². The highest BCUT2D eigenvalue weighted by Gasteiger charge is 1.82. The number of H-pyrrole nitrogens is 1. The van der Waals surface area contributed by atoms with E-state index in [-0.39, 0.29) is 0 Å². The van der Waals surface area contributed by atoms with Crippen LogP contribution in [0.15, 0.2) is 24.5 Å². The van der Waals surface area contributed by atoms with Crippen molar-refractivity contribution in [3.05, 3.63) is 29.5 Å². The largest absolute Gasteiger partial charge is 0.217 e. The van der Waals surface area contributed by atoms with Crippen LogP contribution < -0.4 is 4.98 Å². The van der Waals surface area contributed by atoms with E-state index < -0.39 is 0 Å². The third-order valence-corrected chi connectivity index (χ3v) is 0.904. The number of aromatic nitrogens is 1. The summed E-state index contributed by atoms with van der Waals surface area (Å²) in [5.74, 6) is 0.